The van der Waals surface area contributed by atoms with Crippen molar-refractivity contribution in [3.8, 4) is 5.69 Å². The summed E-state index contributed by atoms with van der Waals surface area (Å²) in [5.74, 6) is 2.12. The first-order valence-corrected chi connectivity index (χ1v) is 5.27. The van der Waals surface area contributed by atoms with Crippen molar-refractivity contribution in [2.45, 2.75) is 0 Å². The second-order valence-electron chi connectivity index (χ2n) is 3.71. The number of hydrogen-bond donors (Lipinski definition) is 0. The summed E-state index contributed by atoms with van der Waals surface area (Å²) in [7, 11) is 0.952. The average molecular weight is 207 g/mol. The van der Waals surface area contributed by atoms with Gasteiger partial charge in [-0.1, -0.05) is 41.0 Å². The minimum absolute atomic E-state index is 0.952. The normalized spacial score (nSPS) is 13.6. The third-order valence-corrected chi connectivity index (χ3v) is 2.61. The molecule has 0 aliphatic carbocycles. The van der Waals surface area contributed by atoms with Crippen LogP contribution < -0.4 is 0 Å². The molecule has 1 aliphatic rings. The van der Waals surface area contributed by atoms with Crippen LogP contribution in [0, 0.1) is 0 Å². The molecule has 0 bridgehead atoms. The average Bonchev–Trinajstić information content (AvgIpc) is 3.01. The molecule has 76 valence electrons. The molecular weight excluding hydrogens is 197 g/mol. The van der Waals surface area contributed by atoms with Crippen molar-refractivity contribution in [3.63, 3.8) is 0 Å². The molecule has 3 rings (SSSR count). The van der Waals surface area contributed by atoms with Gasteiger partial charge in [-0.05, 0) is 12.1 Å². The van der Waals surface area contributed by atoms with Crippen molar-refractivity contribution in [2.24, 2.45) is 0 Å². The van der Waals surface area contributed by atoms with Gasteiger partial charge in [0, 0.05) is 0 Å². The second-order valence-corrected chi connectivity index (χ2v) is 3.71. The fourth-order valence-corrected chi connectivity index (χ4v) is 1.76. The Labute approximate surface area is 94.3 Å². The Bertz CT molecular complexity index is 555. The Morgan fingerprint density at radius 3 is 2.75 bits per heavy atom. The zero-order chi connectivity index (χ0) is 10.8. The number of rotatable bonds is 2. The fraction of sp³-hybridized carbons (Fsp3) is 0. The summed E-state index contributed by atoms with van der Waals surface area (Å²) < 4.78 is 1.80. The van der Waals surface area contributed by atoms with Gasteiger partial charge < -0.3 is 0 Å². The second kappa shape index (κ2) is 3.81. The molecule has 0 saturated heterocycles. The van der Waals surface area contributed by atoms with Crippen molar-refractivity contribution >= 4 is 12.8 Å². The molecular formula is C12H10BN3. The SMILES string of the molecule is B1C=CC=C1c1cn(-c2ccccc2)nn1. The van der Waals surface area contributed by atoms with Gasteiger partial charge in [0.1, 0.15) is 5.69 Å². The van der Waals surface area contributed by atoms with E-state index in [2.05, 4.69) is 28.4 Å². The van der Waals surface area contributed by atoms with Crippen LogP contribution in [-0.4, -0.2) is 22.3 Å². The summed E-state index contributed by atoms with van der Waals surface area (Å²) in [5.41, 5.74) is 3.21. The third-order valence-electron chi connectivity index (χ3n) is 2.61. The van der Waals surface area contributed by atoms with E-state index >= 15 is 0 Å². The van der Waals surface area contributed by atoms with Crippen LogP contribution in [-0.2, 0) is 0 Å². The van der Waals surface area contributed by atoms with Gasteiger partial charge in [0.25, 0.3) is 0 Å². The molecule has 0 N–H and O–H groups in total. The smallest absolute Gasteiger partial charge is 0.185 e. The Hall–Kier alpha value is -2.10. The van der Waals surface area contributed by atoms with Crippen LogP contribution in [0.2, 0.25) is 0 Å². The summed E-state index contributed by atoms with van der Waals surface area (Å²) in [5, 5.41) is 8.31. The lowest BCUT2D eigenvalue weighted by molar-refractivity contribution is 0.802. The van der Waals surface area contributed by atoms with Crippen LogP contribution in [0.15, 0.2) is 54.7 Å². The summed E-state index contributed by atoms with van der Waals surface area (Å²) in [6.07, 6.45) is 6.10. The molecule has 2 aromatic rings. The lowest BCUT2D eigenvalue weighted by atomic mass is 9.72. The highest BCUT2D eigenvalue weighted by atomic mass is 15.4. The van der Waals surface area contributed by atoms with Crippen LogP contribution in [0.5, 0.6) is 0 Å². The van der Waals surface area contributed by atoms with E-state index in [0.717, 1.165) is 18.7 Å². The number of allylic oxidation sites excluding steroid dienone is 2. The van der Waals surface area contributed by atoms with Crippen LogP contribution in [0.25, 0.3) is 11.2 Å². The van der Waals surface area contributed by atoms with E-state index in [1.165, 1.54) is 5.47 Å². The largest absolute Gasteiger partial charge is 0.220 e. The maximum atomic E-state index is 4.18. The zero-order valence-electron chi connectivity index (χ0n) is 8.74. The standard InChI is InChI=1S/C12H10BN3/c1-2-5-10(6-3-1)16-9-12(14-15-16)11-7-4-8-13-11/h1-9,13H. The molecule has 0 saturated carbocycles. The van der Waals surface area contributed by atoms with E-state index in [0.29, 0.717) is 0 Å². The highest BCUT2D eigenvalue weighted by Crippen LogP contribution is 2.15. The molecule has 16 heavy (non-hydrogen) atoms. The van der Waals surface area contributed by atoms with Crippen molar-refractivity contribution in [2.75, 3.05) is 0 Å². The van der Waals surface area contributed by atoms with E-state index < -0.39 is 0 Å². The summed E-state index contributed by atoms with van der Waals surface area (Å²) in [6.45, 7) is 0. The number of hydrogen-bond acceptors (Lipinski definition) is 2. The van der Waals surface area contributed by atoms with Crippen molar-refractivity contribution in [3.05, 3.63) is 60.4 Å². The minimum Gasteiger partial charge on any atom is -0.220 e. The maximum absolute atomic E-state index is 4.18. The molecule has 1 aromatic heterocycles. The van der Waals surface area contributed by atoms with Gasteiger partial charge in [-0.3, -0.25) is 0 Å². The topological polar surface area (TPSA) is 30.7 Å². The zero-order valence-corrected chi connectivity index (χ0v) is 8.74. The molecule has 1 aliphatic heterocycles. The van der Waals surface area contributed by atoms with Crippen molar-refractivity contribution in [1.82, 2.24) is 15.0 Å². The van der Waals surface area contributed by atoms with Gasteiger partial charge in [0.15, 0.2) is 7.28 Å². The van der Waals surface area contributed by atoms with Crippen LogP contribution in [0.1, 0.15) is 5.69 Å². The Morgan fingerprint density at radius 1 is 1.12 bits per heavy atom. The lowest BCUT2D eigenvalue weighted by Crippen LogP contribution is -1.93. The van der Waals surface area contributed by atoms with E-state index in [-0.39, 0.29) is 0 Å². The van der Waals surface area contributed by atoms with Gasteiger partial charge in [0.05, 0.1) is 11.9 Å². The number of nitrogens with zero attached hydrogens (tertiary/aromatic N) is 3. The first-order chi connectivity index (χ1) is 7.93. The first-order valence-electron chi connectivity index (χ1n) is 5.27. The molecule has 3 nitrogen and oxygen atoms in total. The molecule has 0 spiro atoms. The van der Waals surface area contributed by atoms with Crippen molar-refractivity contribution < 1.29 is 0 Å². The predicted molar refractivity (Wildman–Crippen MR) is 65.6 cm³/mol. The molecule has 2 heterocycles. The first kappa shape index (κ1) is 9.15. The van der Waals surface area contributed by atoms with E-state index in [9.17, 15) is 0 Å². The van der Waals surface area contributed by atoms with Gasteiger partial charge in [-0.15, -0.1) is 11.1 Å². The molecule has 0 amide bonds. The summed E-state index contributed by atoms with van der Waals surface area (Å²) in [6, 6.07) is 10.0. The molecule has 0 radical (unpaired) electrons. The summed E-state index contributed by atoms with van der Waals surface area (Å²) >= 11 is 0. The van der Waals surface area contributed by atoms with Gasteiger partial charge >= 0.3 is 0 Å². The Kier molecular flexibility index (Phi) is 2.18. The fourth-order valence-electron chi connectivity index (χ4n) is 1.76. The van der Waals surface area contributed by atoms with Crippen molar-refractivity contribution in [1.29, 1.82) is 0 Å². The van der Waals surface area contributed by atoms with Gasteiger partial charge in [0.2, 0.25) is 0 Å². The monoisotopic (exact) mass is 207 g/mol. The van der Waals surface area contributed by atoms with Crippen LogP contribution in [0.4, 0.5) is 0 Å². The summed E-state index contributed by atoms with van der Waals surface area (Å²) in [4.78, 5) is 0. The van der Waals surface area contributed by atoms with E-state index in [1.54, 1.807) is 4.68 Å². The number of para-hydroxylation sites is 1. The Balaban J connectivity index is 1.94. The molecule has 0 unspecified atom stereocenters. The molecule has 0 fully saturated rings. The number of benzene rings is 1. The highest BCUT2D eigenvalue weighted by molar-refractivity contribution is 6.66. The van der Waals surface area contributed by atoms with E-state index in [4.69, 9.17) is 0 Å². The quantitative estimate of drug-likeness (QED) is 0.699. The highest BCUT2D eigenvalue weighted by Gasteiger charge is 2.09. The minimum atomic E-state index is 0.952. The van der Waals surface area contributed by atoms with E-state index in [1.807, 2.05) is 36.5 Å². The molecule has 4 heteroatoms. The molecule has 0 atom stereocenters. The van der Waals surface area contributed by atoms with Gasteiger partial charge in [-0.25, -0.2) is 4.68 Å². The Morgan fingerprint density at radius 2 is 2.00 bits per heavy atom. The lowest BCUT2D eigenvalue weighted by Gasteiger charge is -1.97. The number of aromatic nitrogens is 3. The maximum Gasteiger partial charge on any atom is 0.185 e. The van der Waals surface area contributed by atoms with Crippen LogP contribution in [0.3, 0.4) is 0 Å². The van der Waals surface area contributed by atoms with Crippen LogP contribution >= 0.6 is 0 Å². The third kappa shape index (κ3) is 1.58. The predicted octanol–water partition coefficient (Wildman–Crippen LogP) is 1.57. The van der Waals surface area contributed by atoms with Gasteiger partial charge in [-0.2, -0.15) is 0 Å². The molecule has 1 aromatic carbocycles.